The molecule has 0 saturated carbocycles. The van der Waals surface area contributed by atoms with E-state index in [2.05, 4.69) is 16.5 Å². The maximum atomic E-state index is 12.7. The van der Waals surface area contributed by atoms with E-state index in [1.165, 1.54) is 11.8 Å². The molecule has 28 heavy (non-hydrogen) atoms. The normalized spacial score (nSPS) is 10.3. The van der Waals surface area contributed by atoms with Crippen molar-refractivity contribution in [2.45, 2.75) is 18.9 Å². The Labute approximate surface area is 167 Å². The minimum Gasteiger partial charge on any atom is -0.293 e. The third-order valence-electron chi connectivity index (χ3n) is 4.20. The number of carbonyl (C=O) groups is 2. The van der Waals surface area contributed by atoms with Crippen molar-refractivity contribution in [3.05, 3.63) is 82.8 Å². The molecule has 0 aliphatic heterocycles. The van der Waals surface area contributed by atoms with Gasteiger partial charge in [-0.3, -0.25) is 19.7 Å². The topological polar surface area (TPSA) is 87.8 Å². The molecular weight excluding hydrogens is 372 g/mol. The molecule has 0 aliphatic rings. The molecule has 0 spiro atoms. The molecule has 140 valence electrons. The van der Waals surface area contributed by atoms with Crippen LogP contribution in [0.1, 0.15) is 37.7 Å². The standard InChI is InChI=1S/C21H18N4O2S/c1-14-10-18(19(26)13-28-20-11-16(12-22)8-9-23-20)15(2)25(14)24-21(27)17-6-4-3-5-7-17/h3-11H,13H2,1-2H3,(H,24,27). The number of nitrogens with one attached hydrogen (secondary N) is 1. The SMILES string of the molecule is Cc1cc(C(=O)CSc2cc(C#N)ccn2)c(C)n1NC(=O)c1ccccc1. The van der Waals surface area contributed by atoms with Gasteiger partial charge in [-0.2, -0.15) is 5.26 Å². The molecular formula is C21H18N4O2S. The van der Waals surface area contributed by atoms with Gasteiger partial charge in [0.05, 0.1) is 22.4 Å². The third kappa shape index (κ3) is 4.30. The number of carbonyl (C=O) groups excluding carboxylic acids is 2. The Bertz CT molecular complexity index is 1070. The first-order valence-electron chi connectivity index (χ1n) is 8.57. The predicted octanol–water partition coefficient (Wildman–Crippen LogP) is 3.73. The fourth-order valence-electron chi connectivity index (χ4n) is 2.75. The van der Waals surface area contributed by atoms with Crippen LogP contribution < -0.4 is 5.43 Å². The molecule has 0 unspecified atom stereocenters. The fourth-order valence-corrected chi connectivity index (χ4v) is 3.53. The highest BCUT2D eigenvalue weighted by Crippen LogP contribution is 2.21. The number of aromatic nitrogens is 2. The second-order valence-electron chi connectivity index (χ2n) is 6.13. The van der Waals surface area contributed by atoms with Crippen LogP contribution in [0, 0.1) is 25.2 Å². The molecule has 7 heteroatoms. The lowest BCUT2D eigenvalue weighted by Crippen LogP contribution is -2.25. The average molecular weight is 390 g/mol. The van der Waals surface area contributed by atoms with Crippen molar-refractivity contribution in [3.63, 3.8) is 0 Å². The summed E-state index contributed by atoms with van der Waals surface area (Å²) in [5.74, 6) is -0.116. The monoisotopic (exact) mass is 390 g/mol. The molecule has 1 aromatic carbocycles. The van der Waals surface area contributed by atoms with Crippen LogP contribution in [0.4, 0.5) is 0 Å². The molecule has 3 aromatic rings. The number of benzene rings is 1. The first-order valence-corrected chi connectivity index (χ1v) is 9.55. The van der Waals surface area contributed by atoms with Gasteiger partial charge in [-0.05, 0) is 44.2 Å². The molecule has 0 fully saturated rings. The van der Waals surface area contributed by atoms with E-state index in [1.807, 2.05) is 13.0 Å². The van der Waals surface area contributed by atoms with E-state index in [0.717, 1.165) is 5.69 Å². The summed E-state index contributed by atoms with van der Waals surface area (Å²) in [6.45, 7) is 3.63. The lowest BCUT2D eigenvalue weighted by molar-refractivity contribution is 0.0999. The molecule has 1 N–H and O–H groups in total. The average Bonchev–Trinajstić information content (AvgIpc) is 3.01. The molecule has 1 amide bonds. The molecule has 0 saturated heterocycles. The number of nitriles is 1. The first-order chi connectivity index (χ1) is 13.5. The van der Waals surface area contributed by atoms with Crippen molar-refractivity contribution >= 4 is 23.5 Å². The number of nitrogens with zero attached hydrogens (tertiary/aromatic N) is 3. The maximum absolute atomic E-state index is 12.7. The number of rotatable bonds is 6. The summed E-state index contributed by atoms with van der Waals surface area (Å²) in [6, 6.07) is 16.0. The summed E-state index contributed by atoms with van der Waals surface area (Å²) in [6.07, 6.45) is 1.55. The van der Waals surface area contributed by atoms with E-state index in [4.69, 9.17) is 5.26 Å². The number of hydrogen-bond acceptors (Lipinski definition) is 5. The minimum absolute atomic E-state index is 0.0672. The van der Waals surface area contributed by atoms with E-state index in [9.17, 15) is 9.59 Å². The Morgan fingerprint density at radius 2 is 1.93 bits per heavy atom. The third-order valence-corrected chi connectivity index (χ3v) is 5.12. The van der Waals surface area contributed by atoms with Gasteiger partial charge in [-0.25, -0.2) is 4.98 Å². The number of pyridine rings is 1. The van der Waals surface area contributed by atoms with Crippen molar-refractivity contribution in [2.24, 2.45) is 0 Å². The lowest BCUT2D eigenvalue weighted by Gasteiger charge is -2.11. The van der Waals surface area contributed by atoms with Crippen molar-refractivity contribution in [1.82, 2.24) is 9.66 Å². The highest BCUT2D eigenvalue weighted by molar-refractivity contribution is 7.99. The zero-order valence-electron chi connectivity index (χ0n) is 15.5. The molecule has 0 aliphatic carbocycles. The molecule has 6 nitrogen and oxygen atoms in total. The quantitative estimate of drug-likeness (QED) is 0.512. The van der Waals surface area contributed by atoms with Crippen molar-refractivity contribution < 1.29 is 9.59 Å². The number of amides is 1. The minimum atomic E-state index is -0.242. The Kier molecular flexibility index (Phi) is 5.92. The predicted molar refractivity (Wildman–Crippen MR) is 108 cm³/mol. The molecule has 0 bridgehead atoms. The van der Waals surface area contributed by atoms with E-state index < -0.39 is 0 Å². The van der Waals surface area contributed by atoms with E-state index in [0.29, 0.717) is 27.4 Å². The Hall–Kier alpha value is -3.37. The van der Waals surface area contributed by atoms with Crippen LogP contribution in [-0.4, -0.2) is 27.1 Å². The van der Waals surface area contributed by atoms with Crippen LogP contribution in [0.25, 0.3) is 0 Å². The summed E-state index contributed by atoms with van der Waals surface area (Å²) in [5, 5.41) is 9.57. The Balaban J connectivity index is 1.72. The van der Waals surface area contributed by atoms with Gasteiger partial charge in [0, 0.05) is 28.7 Å². The van der Waals surface area contributed by atoms with Crippen molar-refractivity contribution in [3.8, 4) is 6.07 Å². The number of Topliss-reactive ketones (excluding diaryl/α,β-unsaturated/α-hetero) is 1. The number of thioether (sulfide) groups is 1. The first kappa shape index (κ1) is 19.4. The largest absolute Gasteiger partial charge is 0.293 e. The highest BCUT2D eigenvalue weighted by Gasteiger charge is 2.18. The van der Waals surface area contributed by atoms with Gasteiger partial charge in [-0.1, -0.05) is 30.0 Å². The van der Waals surface area contributed by atoms with Gasteiger partial charge in [-0.15, -0.1) is 0 Å². The zero-order valence-corrected chi connectivity index (χ0v) is 16.3. The van der Waals surface area contributed by atoms with Crippen LogP contribution in [0.5, 0.6) is 0 Å². The summed E-state index contributed by atoms with van der Waals surface area (Å²) in [7, 11) is 0. The number of ketones is 1. The number of hydrogen-bond donors (Lipinski definition) is 1. The lowest BCUT2D eigenvalue weighted by atomic mass is 10.2. The molecule has 0 radical (unpaired) electrons. The van der Waals surface area contributed by atoms with Crippen molar-refractivity contribution in [1.29, 1.82) is 5.26 Å². The Morgan fingerprint density at radius 1 is 1.18 bits per heavy atom. The van der Waals surface area contributed by atoms with E-state index in [-0.39, 0.29) is 17.4 Å². The fraction of sp³-hybridized carbons (Fsp3) is 0.143. The molecule has 2 heterocycles. The van der Waals surface area contributed by atoms with Gasteiger partial charge >= 0.3 is 0 Å². The van der Waals surface area contributed by atoms with Gasteiger partial charge < -0.3 is 0 Å². The van der Waals surface area contributed by atoms with Gasteiger partial charge in [0.15, 0.2) is 5.78 Å². The molecule has 0 atom stereocenters. The van der Waals surface area contributed by atoms with Gasteiger partial charge in [0.25, 0.3) is 5.91 Å². The molecule has 3 rings (SSSR count). The summed E-state index contributed by atoms with van der Waals surface area (Å²) in [4.78, 5) is 29.3. The smallest absolute Gasteiger partial charge is 0.270 e. The maximum Gasteiger partial charge on any atom is 0.270 e. The van der Waals surface area contributed by atoms with Crippen molar-refractivity contribution in [2.75, 3.05) is 11.2 Å². The van der Waals surface area contributed by atoms with E-state index >= 15 is 0 Å². The zero-order chi connectivity index (χ0) is 20.1. The van der Waals surface area contributed by atoms with Crippen LogP contribution >= 0.6 is 11.8 Å². The van der Waals surface area contributed by atoms with Crippen LogP contribution in [0.2, 0.25) is 0 Å². The number of aryl methyl sites for hydroxylation is 1. The highest BCUT2D eigenvalue weighted by atomic mass is 32.2. The van der Waals surface area contributed by atoms with E-state index in [1.54, 1.807) is 60.3 Å². The van der Waals surface area contributed by atoms with Gasteiger partial charge in [0.2, 0.25) is 0 Å². The summed E-state index contributed by atoms with van der Waals surface area (Å²) < 4.78 is 1.63. The second kappa shape index (κ2) is 8.55. The molecule has 2 aromatic heterocycles. The van der Waals surface area contributed by atoms with Crippen LogP contribution in [0.15, 0.2) is 59.8 Å². The summed E-state index contributed by atoms with van der Waals surface area (Å²) in [5.41, 5.74) is 5.87. The van der Waals surface area contributed by atoms with Gasteiger partial charge in [0.1, 0.15) is 0 Å². The summed E-state index contributed by atoms with van der Waals surface area (Å²) >= 11 is 1.28. The second-order valence-corrected chi connectivity index (χ2v) is 7.13. The van der Waals surface area contributed by atoms with Crippen LogP contribution in [0.3, 0.4) is 0 Å². The van der Waals surface area contributed by atoms with Crippen LogP contribution in [-0.2, 0) is 0 Å². The Morgan fingerprint density at radius 3 is 2.64 bits per heavy atom.